The summed E-state index contributed by atoms with van der Waals surface area (Å²) in [6.45, 7) is -0.366. The van der Waals surface area contributed by atoms with Crippen molar-refractivity contribution in [3.05, 3.63) is 30.3 Å². The molecule has 2 aliphatic rings. The minimum absolute atomic E-state index is 0.212. The number of tetrazole rings is 1. The zero-order valence-corrected chi connectivity index (χ0v) is 15.2. The predicted octanol–water partition coefficient (Wildman–Crippen LogP) is -0.610. The van der Waals surface area contributed by atoms with Crippen LogP contribution in [0.5, 0.6) is 11.8 Å². The molecule has 0 saturated carbocycles. The van der Waals surface area contributed by atoms with Gasteiger partial charge in [-0.2, -0.15) is 4.68 Å². The third-order valence-electron chi connectivity index (χ3n) is 4.56. The predicted molar refractivity (Wildman–Crippen MR) is 93.2 cm³/mol. The lowest BCUT2D eigenvalue weighted by molar-refractivity contribution is -0.143. The first kappa shape index (κ1) is 19.2. The van der Waals surface area contributed by atoms with Crippen molar-refractivity contribution in [2.24, 2.45) is 0 Å². The molecule has 0 aliphatic carbocycles. The normalized spacial score (nSPS) is 25.5. The van der Waals surface area contributed by atoms with Gasteiger partial charge in [-0.3, -0.25) is 4.79 Å². The van der Waals surface area contributed by atoms with Crippen LogP contribution in [0.15, 0.2) is 30.3 Å². The average molecular weight is 405 g/mol. The Hall–Kier alpha value is -3.09. The Morgan fingerprint density at radius 2 is 1.97 bits per heavy atom. The van der Waals surface area contributed by atoms with E-state index in [0.717, 1.165) is 0 Å². The van der Waals surface area contributed by atoms with Gasteiger partial charge in [0.25, 0.3) is 0 Å². The van der Waals surface area contributed by atoms with Gasteiger partial charge in [0.1, 0.15) is 37.2 Å². The van der Waals surface area contributed by atoms with Crippen molar-refractivity contribution in [2.45, 2.75) is 24.3 Å². The molecule has 2 N–H and O–H groups in total. The van der Waals surface area contributed by atoms with Crippen LogP contribution in [-0.4, -0.2) is 81.9 Å². The Morgan fingerprint density at radius 3 is 2.76 bits per heavy atom. The van der Waals surface area contributed by atoms with Gasteiger partial charge in [0.15, 0.2) is 0 Å². The van der Waals surface area contributed by atoms with Gasteiger partial charge in [0.05, 0.1) is 19.3 Å². The second kappa shape index (κ2) is 8.51. The maximum Gasteiger partial charge on any atom is 0.341 e. The number of nitrogens with zero attached hydrogens (tertiary/aromatic N) is 4. The van der Waals surface area contributed by atoms with E-state index in [2.05, 4.69) is 20.8 Å². The van der Waals surface area contributed by atoms with E-state index < -0.39 is 24.6 Å². The number of aromatic nitrogens is 4. The summed E-state index contributed by atoms with van der Waals surface area (Å²) >= 11 is 0. The van der Waals surface area contributed by atoms with Gasteiger partial charge >= 0.3 is 12.0 Å². The molecule has 0 unspecified atom stereocenters. The lowest BCUT2D eigenvalue weighted by Gasteiger charge is -2.18. The molecule has 2 fully saturated rings. The number of hydrogen-bond acceptors (Lipinski definition) is 9. The van der Waals surface area contributed by atoms with E-state index in [9.17, 15) is 9.59 Å². The van der Waals surface area contributed by atoms with Crippen molar-refractivity contribution in [1.29, 1.82) is 0 Å². The van der Waals surface area contributed by atoms with Crippen molar-refractivity contribution in [3.8, 4) is 11.8 Å². The highest BCUT2D eigenvalue weighted by Crippen LogP contribution is 2.35. The molecule has 1 amide bonds. The van der Waals surface area contributed by atoms with Gasteiger partial charge < -0.3 is 29.4 Å². The number of carbonyl (C=O) groups excluding carboxylic acids is 1. The average Bonchev–Trinajstić information content (AvgIpc) is 3.40. The van der Waals surface area contributed by atoms with Crippen LogP contribution in [-0.2, 0) is 23.8 Å². The number of ether oxygens (including phenoxy) is 4. The fourth-order valence-electron chi connectivity index (χ4n) is 3.35. The van der Waals surface area contributed by atoms with Crippen molar-refractivity contribution >= 4 is 11.9 Å². The van der Waals surface area contributed by atoms with Gasteiger partial charge in [-0.15, -0.1) is 0 Å². The molecule has 4 rings (SSSR count). The number of benzene rings is 1. The van der Waals surface area contributed by atoms with Crippen LogP contribution in [0.4, 0.5) is 0 Å². The minimum Gasteiger partial charge on any atom is -0.480 e. The zero-order valence-electron chi connectivity index (χ0n) is 15.2. The first-order chi connectivity index (χ1) is 14.1. The molecular formula is C17H19N5O7. The summed E-state index contributed by atoms with van der Waals surface area (Å²) in [6, 6.07) is 8.63. The van der Waals surface area contributed by atoms with E-state index >= 15 is 0 Å². The molecule has 1 aromatic heterocycles. The van der Waals surface area contributed by atoms with Crippen molar-refractivity contribution in [2.75, 3.05) is 26.4 Å². The molecule has 29 heavy (non-hydrogen) atoms. The monoisotopic (exact) mass is 405 g/mol. The van der Waals surface area contributed by atoms with Crippen molar-refractivity contribution < 1.29 is 33.6 Å². The van der Waals surface area contributed by atoms with E-state index in [4.69, 9.17) is 24.1 Å². The molecule has 3 heterocycles. The Bertz CT molecular complexity index is 861. The third kappa shape index (κ3) is 4.34. The fourth-order valence-corrected chi connectivity index (χ4v) is 3.35. The number of nitrogens with one attached hydrogen (secondary N) is 1. The maximum absolute atomic E-state index is 11.9. The van der Waals surface area contributed by atoms with Gasteiger partial charge in [-0.25, -0.2) is 4.79 Å². The van der Waals surface area contributed by atoms with Crippen LogP contribution in [0.2, 0.25) is 0 Å². The molecule has 4 atom stereocenters. The topological polar surface area (TPSA) is 147 Å². The number of carbonyl (C=O) groups is 2. The lowest BCUT2D eigenvalue weighted by Crippen LogP contribution is -2.45. The Morgan fingerprint density at radius 1 is 1.17 bits per heavy atom. The van der Waals surface area contributed by atoms with Crippen molar-refractivity contribution in [1.82, 2.24) is 25.5 Å². The summed E-state index contributed by atoms with van der Waals surface area (Å²) in [7, 11) is 0. The number of carboxylic acids is 1. The maximum atomic E-state index is 11.9. The number of amides is 1. The molecule has 0 bridgehead atoms. The number of aliphatic carboxylic acids is 1. The summed E-state index contributed by atoms with van der Waals surface area (Å²) in [6.07, 6.45) is -0.765. The quantitative estimate of drug-likeness (QED) is 0.583. The minimum atomic E-state index is -1.14. The van der Waals surface area contributed by atoms with Crippen LogP contribution in [0.25, 0.3) is 0 Å². The summed E-state index contributed by atoms with van der Waals surface area (Å²) in [4.78, 5) is 22.4. The van der Waals surface area contributed by atoms with Gasteiger partial charge in [0, 0.05) is 0 Å². The SMILES string of the molecule is O=C(O)COCC(=O)N[C@H]1CO[C@H]2[C@H]1OC[C@H]2n1nnnc1Oc1ccccc1. The van der Waals surface area contributed by atoms with Crippen LogP contribution in [0, 0.1) is 0 Å². The molecule has 2 saturated heterocycles. The molecule has 0 radical (unpaired) electrons. The van der Waals surface area contributed by atoms with Gasteiger partial charge in [0.2, 0.25) is 5.91 Å². The molecule has 2 aromatic rings. The third-order valence-corrected chi connectivity index (χ3v) is 4.56. The molecule has 2 aliphatic heterocycles. The molecule has 1 aromatic carbocycles. The molecular weight excluding hydrogens is 386 g/mol. The van der Waals surface area contributed by atoms with Crippen LogP contribution in [0.3, 0.4) is 0 Å². The molecule has 154 valence electrons. The smallest absolute Gasteiger partial charge is 0.341 e. The second-order valence-corrected chi connectivity index (χ2v) is 6.54. The highest BCUT2D eigenvalue weighted by atomic mass is 16.6. The van der Waals surface area contributed by atoms with Crippen LogP contribution < -0.4 is 10.1 Å². The Kier molecular flexibility index (Phi) is 5.64. The highest BCUT2D eigenvalue weighted by molar-refractivity contribution is 5.78. The molecule has 12 heteroatoms. The standard InChI is InChI=1S/C17H19N5O7/c23-13(8-26-9-14(24)25)18-11-6-27-16-12(7-28-15(11)16)22-17(19-20-21-22)29-10-4-2-1-3-5-10/h1-5,11-12,15-16H,6-9H2,(H,18,23)(H,24,25)/t11-,12+,15-,16+/m0/s1. The summed E-state index contributed by atoms with van der Waals surface area (Å²) < 4.78 is 23.7. The number of hydrogen-bond donors (Lipinski definition) is 2. The Balaban J connectivity index is 1.37. The summed E-state index contributed by atoms with van der Waals surface area (Å²) in [5, 5.41) is 22.9. The summed E-state index contributed by atoms with van der Waals surface area (Å²) in [5.74, 6) is -0.986. The van der Waals surface area contributed by atoms with E-state index in [1.807, 2.05) is 18.2 Å². The van der Waals surface area contributed by atoms with E-state index in [1.54, 1.807) is 12.1 Å². The largest absolute Gasteiger partial charge is 0.480 e. The number of carboxylic acid groups (broad SMARTS) is 1. The van der Waals surface area contributed by atoms with E-state index in [0.29, 0.717) is 5.75 Å². The second-order valence-electron chi connectivity index (χ2n) is 6.54. The summed E-state index contributed by atoms with van der Waals surface area (Å²) in [5.41, 5.74) is 0. The molecule has 12 nitrogen and oxygen atoms in total. The first-order valence-corrected chi connectivity index (χ1v) is 8.94. The Labute approximate surface area is 164 Å². The van der Waals surface area contributed by atoms with Gasteiger partial charge in [-0.1, -0.05) is 23.3 Å². The van der Waals surface area contributed by atoms with Crippen LogP contribution >= 0.6 is 0 Å². The first-order valence-electron chi connectivity index (χ1n) is 8.94. The lowest BCUT2D eigenvalue weighted by atomic mass is 10.1. The van der Waals surface area contributed by atoms with Gasteiger partial charge in [-0.05, 0) is 22.6 Å². The van der Waals surface area contributed by atoms with E-state index in [1.165, 1.54) is 4.68 Å². The zero-order chi connectivity index (χ0) is 20.2. The highest BCUT2D eigenvalue weighted by Gasteiger charge is 2.50. The van der Waals surface area contributed by atoms with Crippen molar-refractivity contribution in [3.63, 3.8) is 0 Å². The fraction of sp³-hybridized carbons (Fsp3) is 0.471. The number of para-hydroxylation sites is 1. The van der Waals surface area contributed by atoms with E-state index in [-0.39, 0.29) is 44.0 Å². The number of rotatable bonds is 8. The van der Waals surface area contributed by atoms with Crippen LogP contribution in [0.1, 0.15) is 6.04 Å². The molecule has 0 spiro atoms. The number of fused-ring (bicyclic) bond motifs is 1.